The molecule has 0 aliphatic heterocycles. The zero-order valence-corrected chi connectivity index (χ0v) is 23.2. The van der Waals surface area contributed by atoms with Crippen LogP contribution in [0, 0.1) is 0 Å². The fourth-order valence-electron chi connectivity index (χ4n) is 6.57. The van der Waals surface area contributed by atoms with Crippen LogP contribution in [0.25, 0.3) is 65.3 Å². The minimum absolute atomic E-state index is 1.01. The van der Waals surface area contributed by atoms with E-state index in [2.05, 4.69) is 123 Å². The normalized spacial score (nSPS) is 11.7. The predicted octanol–water partition coefficient (Wildman–Crippen LogP) is 11.5. The zero-order chi connectivity index (χ0) is 27.1. The highest BCUT2D eigenvalue weighted by molar-refractivity contribution is 6.35. The van der Waals surface area contributed by atoms with Gasteiger partial charge in [0.15, 0.2) is 0 Å². The van der Waals surface area contributed by atoms with E-state index in [-0.39, 0.29) is 0 Å². The van der Waals surface area contributed by atoms with Gasteiger partial charge in [0, 0.05) is 0 Å². The van der Waals surface area contributed by atoms with Crippen molar-refractivity contribution in [3.05, 3.63) is 133 Å². The van der Waals surface area contributed by atoms with E-state index in [1.807, 2.05) is 6.08 Å². The van der Waals surface area contributed by atoms with Crippen molar-refractivity contribution in [3.63, 3.8) is 0 Å². The van der Waals surface area contributed by atoms with Crippen LogP contribution < -0.4 is 0 Å². The molecule has 0 atom stereocenters. The van der Waals surface area contributed by atoms with Crippen LogP contribution in [0.2, 0.25) is 0 Å². The van der Waals surface area contributed by atoms with Gasteiger partial charge in [-0.1, -0.05) is 129 Å². The number of benzene rings is 7. The summed E-state index contributed by atoms with van der Waals surface area (Å²) in [5, 5.41) is 10.7. The van der Waals surface area contributed by atoms with Gasteiger partial charge in [-0.15, -0.1) is 6.58 Å². The van der Waals surface area contributed by atoms with Crippen molar-refractivity contribution in [2.45, 2.75) is 39.0 Å². The van der Waals surface area contributed by atoms with Crippen LogP contribution >= 0.6 is 0 Å². The zero-order valence-electron chi connectivity index (χ0n) is 23.2. The molecule has 0 nitrogen and oxygen atoms in total. The number of allylic oxidation sites excluding steroid dienone is 1. The van der Waals surface area contributed by atoms with Crippen LogP contribution in [0.5, 0.6) is 0 Å². The second kappa shape index (κ2) is 10.3. The van der Waals surface area contributed by atoms with Crippen LogP contribution in [-0.2, 0) is 12.8 Å². The number of unbranched alkanes of at least 4 members (excludes halogenated alkanes) is 1. The second-order valence-corrected chi connectivity index (χ2v) is 11.1. The quantitative estimate of drug-likeness (QED) is 0.107. The number of fused-ring (bicyclic) bond motifs is 2. The minimum atomic E-state index is 1.01. The Morgan fingerprint density at radius 3 is 1.43 bits per heavy atom. The van der Waals surface area contributed by atoms with E-state index < -0.39 is 0 Å². The van der Waals surface area contributed by atoms with Crippen LogP contribution in [-0.4, -0.2) is 0 Å². The minimum Gasteiger partial charge on any atom is -0.103 e. The lowest BCUT2D eigenvalue weighted by Crippen LogP contribution is -1.91. The molecule has 7 aromatic carbocycles. The molecule has 0 saturated carbocycles. The summed E-state index contributed by atoms with van der Waals surface area (Å²) in [5.41, 5.74) is 7.96. The molecule has 7 rings (SSSR count). The number of hydrogen-bond acceptors (Lipinski definition) is 0. The molecule has 0 amide bonds. The molecule has 0 unspecified atom stereocenters. The van der Waals surface area contributed by atoms with Gasteiger partial charge in [0.05, 0.1) is 0 Å². The molecule has 0 bridgehead atoms. The van der Waals surface area contributed by atoms with Gasteiger partial charge in [0.2, 0.25) is 0 Å². The van der Waals surface area contributed by atoms with Gasteiger partial charge < -0.3 is 0 Å². The van der Waals surface area contributed by atoms with E-state index in [4.69, 9.17) is 0 Å². The van der Waals surface area contributed by atoms with Crippen LogP contribution in [0.4, 0.5) is 0 Å². The molecule has 0 N–H and O–H groups in total. The van der Waals surface area contributed by atoms with Crippen molar-refractivity contribution in [3.8, 4) is 22.3 Å². The first-order chi connectivity index (χ1) is 19.8. The number of rotatable bonds is 8. The summed E-state index contributed by atoms with van der Waals surface area (Å²) < 4.78 is 0. The van der Waals surface area contributed by atoms with Crippen LogP contribution in [0.3, 0.4) is 0 Å². The van der Waals surface area contributed by atoms with Crippen molar-refractivity contribution in [2.75, 3.05) is 0 Å². The van der Waals surface area contributed by atoms with E-state index in [9.17, 15) is 0 Å². The highest BCUT2D eigenvalue weighted by Crippen LogP contribution is 2.45. The molecule has 0 aliphatic carbocycles. The van der Waals surface area contributed by atoms with Gasteiger partial charge in [-0.3, -0.25) is 0 Å². The summed E-state index contributed by atoms with van der Waals surface area (Å²) in [7, 11) is 0. The SMILES string of the molecule is C=CCCc1ccc(-c2ccc3c4cccc5c(-c6ccc(CCCC)cc6)ccc(c6cccc2c63)c54)cc1. The molecule has 0 fully saturated rings. The van der Waals surface area contributed by atoms with E-state index in [0.717, 1.165) is 19.3 Å². The van der Waals surface area contributed by atoms with Gasteiger partial charge in [-0.2, -0.15) is 0 Å². The molecule has 0 aliphatic rings. The highest BCUT2D eigenvalue weighted by Gasteiger charge is 2.17. The highest BCUT2D eigenvalue weighted by atomic mass is 14.2. The van der Waals surface area contributed by atoms with Crippen molar-refractivity contribution in [1.29, 1.82) is 0 Å². The summed E-state index contributed by atoms with van der Waals surface area (Å²) >= 11 is 0. The average molecular weight is 515 g/mol. The summed E-state index contributed by atoms with van der Waals surface area (Å²) in [5.74, 6) is 0. The number of hydrogen-bond donors (Lipinski definition) is 0. The molecule has 0 saturated heterocycles. The topological polar surface area (TPSA) is 0 Å². The predicted molar refractivity (Wildman–Crippen MR) is 176 cm³/mol. The van der Waals surface area contributed by atoms with Gasteiger partial charge in [-0.05, 0) is 102 Å². The Balaban J connectivity index is 1.42. The average Bonchev–Trinajstić information content (AvgIpc) is 3.01. The summed E-state index contributed by atoms with van der Waals surface area (Å²) in [6.07, 6.45) is 7.67. The summed E-state index contributed by atoms with van der Waals surface area (Å²) in [6, 6.07) is 41.3. The van der Waals surface area contributed by atoms with Gasteiger partial charge >= 0.3 is 0 Å². The van der Waals surface area contributed by atoms with E-state index in [0.29, 0.717) is 0 Å². The molecule has 0 aromatic heterocycles. The first-order valence-electron chi connectivity index (χ1n) is 14.7. The van der Waals surface area contributed by atoms with Crippen molar-refractivity contribution >= 4 is 43.1 Å². The molecule has 40 heavy (non-hydrogen) atoms. The molecule has 7 aromatic rings. The smallest absolute Gasteiger partial charge is 0.00201 e. The lowest BCUT2D eigenvalue weighted by molar-refractivity contribution is 0.795. The molecule has 194 valence electrons. The Hall–Kier alpha value is -4.42. The van der Waals surface area contributed by atoms with Gasteiger partial charge in [-0.25, -0.2) is 0 Å². The fourth-order valence-corrected chi connectivity index (χ4v) is 6.57. The van der Waals surface area contributed by atoms with E-state index >= 15 is 0 Å². The molecule has 0 heteroatoms. The largest absolute Gasteiger partial charge is 0.103 e. The molecule has 0 radical (unpaired) electrons. The second-order valence-electron chi connectivity index (χ2n) is 11.1. The Morgan fingerprint density at radius 1 is 0.500 bits per heavy atom. The third kappa shape index (κ3) is 4.07. The monoisotopic (exact) mass is 514 g/mol. The maximum Gasteiger partial charge on any atom is -0.00201 e. The Kier molecular flexibility index (Phi) is 6.33. The Labute approximate surface area is 236 Å². The van der Waals surface area contributed by atoms with Crippen molar-refractivity contribution in [2.24, 2.45) is 0 Å². The lowest BCUT2D eigenvalue weighted by Gasteiger charge is -2.18. The fraction of sp³-hybridized carbons (Fsp3) is 0.150. The van der Waals surface area contributed by atoms with Crippen LogP contribution in [0.15, 0.2) is 122 Å². The van der Waals surface area contributed by atoms with E-state index in [1.54, 1.807) is 0 Å². The lowest BCUT2D eigenvalue weighted by atomic mass is 9.85. The first kappa shape index (κ1) is 24.6. The van der Waals surface area contributed by atoms with Gasteiger partial charge in [0.1, 0.15) is 0 Å². The maximum atomic E-state index is 3.87. The Morgan fingerprint density at radius 2 is 0.950 bits per heavy atom. The standard InChI is InChI=1S/C40H34/c1-3-5-9-27-15-19-29(20-16-27)31-23-25-37-36-14-8-12-34-32(30-21-17-28(18-22-30)10-6-4-2)24-26-38(40(34)36)35-13-7-11-33(31)39(35)37/h3,7-8,11-26H,1,4-6,9-10H2,2H3. The first-order valence-corrected chi connectivity index (χ1v) is 14.7. The summed E-state index contributed by atoms with van der Waals surface area (Å²) in [6.45, 7) is 6.12. The molecule has 0 spiro atoms. The van der Waals surface area contributed by atoms with Crippen molar-refractivity contribution < 1.29 is 0 Å². The van der Waals surface area contributed by atoms with Gasteiger partial charge in [0.25, 0.3) is 0 Å². The molecule has 0 heterocycles. The third-order valence-corrected chi connectivity index (χ3v) is 8.65. The van der Waals surface area contributed by atoms with Crippen LogP contribution in [0.1, 0.15) is 37.3 Å². The van der Waals surface area contributed by atoms with Crippen molar-refractivity contribution in [1.82, 2.24) is 0 Å². The third-order valence-electron chi connectivity index (χ3n) is 8.65. The number of aryl methyl sites for hydroxylation is 2. The maximum absolute atomic E-state index is 3.87. The molecular weight excluding hydrogens is 480 g/mol. The molecular formula is C40H34. The van der Waals surface area contributed by atoms with E-state index in [1.165, 1.54) is 89.3 Å². The Bertz CT molecular complexity index is 1950. The summed E-state index contributed by atoms with van der Waals surface area (Å²) in [4.78, 5) is 0.